The molecule has 1 aromatic carbocycles. The van der Waals surface area contributed by atoms with Crippen LogP contribution in [0.5, 0.6) is 0 Å². The number of nitrogens with zero attached hydrogens (tertiary/aromatic N) is 2. The topological polar surface area (TPSA) is 117 Å². The first-order chi connectivity index (χ1) is 17.3. The van der Waals surface area contributed by atoms with Crippen LogP contribution in [-0.4, -0.2) is 40.6 Å². The highest BCUT2D eigenvalue weighted by molar-refractivity contribution is 7.20. The largest absolute Gasteiger partial charge is 0.462 e. The summed E-state index contributed by atoms with van der Waals surface area (Å²) in [6.45, 7) is 5.14. The standard InChI is InChI=1S/C25H23N3O6S2/c1-4-33-24(31)16-11-17(15-9-7-6-8-10-15)35-21(16)27-18(29)12-28-13-26-22-19(23(28)30)14(3)20(36-22)25(32)34-5-2/h6-11,13H,4-5,12H2,1-3H3,(H,27,29). The molecule has 36 heavy (non-hydrogen) atoms. The van der Waals surface area contributed by atoms with E-state index in [1.54, 1.807) is 26.8 Å². The van der Waals surface area contributed by atoms with Crippen LogP contribution in [0.25, 0.3) is 20.7 Å². The minimum Gasteiger partial charge on any atom is -0.462 e. The number of esters is 2. The lowest BCUT2D eigenvalue weighted by Crippen LogP contribution is -2.28. The van der Waals surface area contributed by atoms with Gasteiger partial charge in [-0.2, -0.15) is 0 Å². The van der Waals surface area contributed by atoms with Crippen molar-refractivity contribution in [1.29, 1.82) is 0 Å². The molecule has 9 nitrogen and oxygen atoms in total. The van der Waals surface area contributed by atoms with Gasteiger partial charge in [0.1, 0.15) is 21.3 Å². The smallest absolute Gasteiger partial charge is 0.348 e. The molecule has 4 rings (SSSR count). The van der Waals surface area contributed by atoms with Crippen LogP contribution in [0.3, 0.4) is 0 Å². The zero-order valence-corrected chi connectivity index (χ0v) is 21.5. The molecule has 0 unspecified atom stereocenters. The normalized spacial score (nSPS) is 10.9. The van der Waals surface area contributed by atoms with Crippen LogP contribution in [0.2, 0.25) is 0 Å². The highest BCUT2D eigenvalue weighted by atomic mass is 32.1. The van der Waals surface area contributed by atoms with Crippen molar-refractivity contribution in [2.45, 2.75) is 27.3 Å². The predicted octanol–water partition coefficient (Wildman–Crippen LogP) is 4.49. The number of rotatable bonds is 8. The number of hydrogen-bond acceptors (Lipinski definition) is 9. The molecule has 4 aromatic rings. The molecule has 3 aromatic heterocycles. The molecule has 0 bridgehead atoms. The number of amides is 1. The third-order valence-corrected chi connectivity index (χ3v) is 7.51. The van der Waals surface area contributed by atoms with Gasteiger partial charge < -0.3 is 14.8 Å². The van der Waals surface area contributed by atoms with E-state index in [9.17, 15) is 19.2 Å². The summed E-state index contributed by atoms with van der Waals surface area (Å²) in [6, 6.07) is 11.1. The van der Waals surface area contributed by atoms with Crippen molar-refractivity contribution in [3.8, 4) is 10.4 Å². The molecule has 3 heterocycles. The van der Waals surface area contributed by atoms with Crippen LogP contribution < -0.4 is 10.9 Å². The fraction of sp³-hybridized carbons (Fsp3) is 0.240. The Morgan fingerprint density at radius 3 is 2.42 bits per heavy atom. The summed E-state index contributed by atoms with van der Waals surface area (Å²) in [4.78, 5) is 56.5. The fourth-order valence-electron chi connectivity index (χ4n) is 3.57. The second-order valence-corrected chi connectivity index (χ2v) is 9.67. The molecule has 0 aliphatic rings. The van der Waals surface area contributed by atoms with E-state index < -0.39 is 23.4 Å². The summed E-state index contributed by atoms with van der Waals surface area (Å²) in [5, 5.41) is 3.34. The van der Waals surface area contributed by atoms with Crippen LogP contribution in [-0.2, 0) is 20.8 Å². The number of ether oxygens (including phenoxy) is 2. The van der Waals surface area contributed by atoms with Crippen molar-refractivity contribution in [1.82, 2.24) is 9.55 Å². The lowest BCUT2D eigenvalue weighted by atomic mass is 10.1. The van der Waals surface area contributed by atoms with E-state index in [-0.39, 0.29) is 30.7 Å². The number of thiophene rings is 2. The van der Waals surface area contributed by atoms with Crippen molar-refractivity contribution in [2.75, 3.05) is 18.5 Å². The SMILES string of the molecule is CCOC(=O)c1cc(-c2ccccc2)sc1NC(=O)Cn1cnc2sc(C(=O)OCC)c(C)c2c1=O. The first kappa shape index (κ1) is 25.3. The monoisotopic (exact) mass is 525 g/mol. The Morgan fingerprint density at radius 2 is 1.72 bits per heavy atom. The minimum absolute atomic E-state index is 0.192. The summed E-state index contributed by atoms with van der Waals surface area (Å²) in [5.41, 5.74) is 1.16. The summed E-state index contributed by atoms with van der Waals surface area (Å²) in [6.07, 6.45) is 1.27. The van der Waals surface area contributed by atoms with Gasteiger partial charge in [-0.25, -0.2) is 14.6 Å². The van der Waals surface area contributed by atoms with Gasteiger partial charge in [0.05, 0.1) is 30.5 Å². The molecular formula is C25H23N3O6S2. The van der Waals surface area contributed by atoms with Gasteiger partial charge in [-0.15, -0.1) is 22.7 Å². The van der Waals surface area contributed by atoms with E-state index in [4.69, 9.17) is 9.47 Å². The minimum atomic E-state index is -0.549. The molecule has 1 N–H and O–H groups in total. The Morgan fingerprint density at radius 1 is 1.03 bits per heavy atom. The molecule has 1 amide bonds. The van der Waals surface area contributed by atoms with Crippen LogP contribution >= 0.6 is 22.7 Å². The molecule has 0 aliphatic heterocycles. The van der Waals surface area contributed by atoms with Crippen LogP contribution in [0.1, 0.15) is 39.4 Å². The molecule has 0 fully saturated rings. The van der Waals surface area contributed by atoms with Gasteiger partial charge in [-0.1, -0.05) is 30.3 Å². The van der Waals surface area contributed by atoms with Crippen molar-refractivity contribution in [3.63, 3.8) is 0 Å². The van der Waals surface area contributed by atoms with E-state index in [1.165, 1.54) is 22.2 Å². The van der Waals surface area contributed by atoms with Crippen molar-refractivity contribution in [2.24, 2.45) is 0 Å². The lowest BCUT2D eigenvalue weighted by molar-refractivity contribution is -0.116. The van der Waals surface area contributed by atoms with Gasteiger partial charge in [-0.3, -0.25) is 14.2 Å². The van der Waals surface area contributed by atoms with E-state index in [1.807, 2.05) is 30.3 Å². The maximum Gasteiger partial charge on any atom is 0.348 e. The Kier molecular flexibility index (Phi) is 7.61. The number of benzene rings is 1. The fourth-order valence-corrected chi connectivity index (χ4v) is 5.67. The summed E-state index contributed by atoms with van der Waals surface area (Å²) >= 11 is 2.32. The average Bonchev–Trinajstić information content (AvgIpc) is 3.43. The predicted molar refractivity (Wildman–Crippen MR) is 139 cm³/mol. The van der Waals surface area contributed by atoms with E-state index >= 15 is 0 Å². The number of aryl methyl sites for hydroxylation is 1. The highest BCUT2D eigenvalue weighted by Gasteiger charge is 2.22. The number of nitrogens with one attached hydrogen (secondary N) is 1. The molecule has 0 aliphatic carbocycles. The van der Waals surface area contributed by atoms with Crippen LogP contribution in [0.15, 0.2) is 47.5 Å². The second kappa shape index (κ2) is 10.8. The molecular weight excluding hydrogens is 502 g/mol. The number of fused-ring (bicyclic) bond motifs is 1. The molecule has 186 valence electrons. The van der Waals surface area contributed by atoms with Crippen LogP contribution in [0, 0.1) is 6.92 Å². The first-order valence-corrected chi connectivity index (χ1v) is 12.8. The van der Waals surface area contributed by atoms with E-state index in [0.29, 0.717) is 20.3 Å². The molecule has 0 saturated heterocycles. The Hall–Kier alpha value is -3.83. The highest BCUT2D eigenvalue weighted by Crippen LogP contribution is 2.36. The van der Waals surface area contributed by atoms with E-state index in [2.05, 4.69) is 10.3 Å². The molecule has 0 radical (unpaired) electrons. The average molecular weight is 526 g/mol. The van der Waals surface area contributed by atoms with Gasteiger partial charge in [0.15, 0.2) is 0 Å². The van der Waals surface area contributed by atoms with E-state index in [0.717, 1.165) is 21.8 Å². The maximum atomic E-state index is 13.1. The Balaban J connectivity index is 1.62. The van der Waals surface area contributed by atoms with Gasteiger partial charge in [0.25, 0.3) is 5.56 Å². The van der Waals surface area contributed by atoms with Gasteiger partial charge in [0.2, 0.25) is 5.91 Å². The second-order valence-electron chi connectivity index (χ2n) is 7.62. The maximum absolute atomic E-state index is 13.1. The van der Waals surface area contributed by atoms with Crippen molar-refractivity contribution >= 4 is 55.7 Å². The summed E-state index contributed by atoms with van der Waals surface area (Å²) in [5.74, 6) is -1.57. The molecule has 11 heteroatoms. The number of carbonyl (C=O) groups is 3. The zero-order valence-electron chi connectivity index (χ0n) is 19.8. The van der Waals surface area contributed by atoms with Crippen molar-refractivity contribution in [3.05, 3.63) is 69.1 Å². The number of carbonyl (C=O) groups excluding carboxylic acids is 3. The Labute approximate surface area is 214 Å². The van der Waals surface area contributed by atoms with Crippen molar-refractivity contribution < 1.29 is 23.9 Å². The lowest BCUT2D eigenvalue weighted by Gasteiger charge is -2.08. The third kappa shape index (κ3) is 5.07. The Bertz CT molecular complexity index is 1500. The van der Waals surface area contributed by atoms with Gasteiger partial charge in [-0.05, 0) is 38.0 Å². The van der Waals surface area contributed by atoms with Gasteiger partial charge >= 0.3 is 11.9 Å². The molecule has 0 saturated carbocycles. The number of anilines is 1. The third-order valence-electron chi connectivity index (χ3n) is 5.23. The van der Waals surface area contributed by atoms with Crippen LogP contribution in [0.4, 0.5) is 5.00 Å². The summed E-state index contributed by atoms with van der Waals surface area (Å²) in [7, 11) is 0. The number of hydrogen-bond donors (Lipinski definition) is 1. The van der Waals surface area contributed by atoms with Gasteiger partial charge in [0, 0.05) is 4.88 Å². The summed E-state index contributed by atoms with van der Waals surface area (Å²) < 4.78 is 11.4. The first-order valence-electron chi connectivity index (χ1n) is 11.2. The zero-order chi connectivity index (χ0) is 25.8. The number of aromatic nitrogens is 2. The molecule has 0 atom stereocenters. The quantitative estimate of drug-likeness (QED) is 0.337. The molecule has 0 spiro atoms.